The molecule has 1 aromatic carbocycles. The smallest absolute Gasteiger partial charge is 0.321 e. The van der Waals surface area contributed by atoms with Crippen LogP contribution in [-0.4, -0.2) is 29.6 Å². The van der Waals surface area contributed by atoms with Crippen molar-refractivity contribution in [2.75, 3.05) is 6.54 Å². The third-order valence-electron chi connectivity index (χ3n) is 2.37. The maximum atomic E-state index is 11.7. The van der Waals surface area contributed by atoms with Gasteiger partial charge in [0.1, 0.15) is 10.7 Å². The van der Waals surface area contributed by atoms with Crippen molar-refractivity contribution in [2.45, 2.75) is 20.0 Å². The summed E-state index contributed by atoms with van der Waals surface area (Å²) in [5.41, 5.74) is 6.16. The van der Waals surface area contributed by atoms with E-state index in [-0.39, 0.29) is 4.99 Å². The van der Waals surface area contributed by atoms with Gasteiger partial charge >= 0.3 is 6.03 Å². The van der Waals surface area contributed by atoms with Gasteiger partial charge in [0.2, 0.25) is 0 Å². The van der Waals surface area contributed by atoms with Crippen LogP contribution in [0.15, 0.2) is 24.3 Å². The molecule has 0 aliphatic heterocycles. The Kier molecular flexibility index (Phi) is 5.92. The molecule has 0 saturated carbocycles. The van der Waals surface area contributed by atoms with Crippen molar-refractivity contribution >= 4 is 29.1 Å². The molecule has 0 spiro atoms. The number of nitrogens with one attached hydrogen (secondary N) is 2. The molecule has 1 rings (SSSR count). The number of benzene rings is 1. The van der Waals surface area contributed by atoms with Gasteiger partial charge in [-0.2, -0.15) is 0 Å². The maximum Gasteiger partial charge on any atom is 0.321 e. The molecule has 0 heterocycles. The fourth-order valence-corrected chi connectivity index (χ4v) is 1.53. The number of ether oxygens (including phenoxy) is 1. The second-order valence-corrected chi connectivity index (χ2v) is 4.44. The van der Waals surface area contributed by atoms with Crippen LogP contribution in [0.2, 0.25) is 0 Å². The number of amides is 3. The Balaban J connectivity index is 2.63. The zero-order chi connectivity index (χ0) is 15.1. The van der Waals surface area contributed by atoms with E-state index in [1.165, 1.54) is 0 Å². The first-order valence-electron chi connectivity index (χ1n) is 6.09. The van der Waals surface area contributed by atoms with Gasteiger partial charge in [0.25, 0.3) is 5.91 Å². The molecule has 0 fully saturated rings. The van der Waals surface area contributed by atoms with Crippen LogP contribution in [0.4, 0.5) is 4.79 Å². The summed E-state index contributed by atoms with van der Waals surface area (Å²) in [7, 11) is 0. The SMILES string of the molecule is CCNC(=O)NC(=O)C(C)Oc1cccc(C(N)=S)c1. The number of urea groups is 1. The van der Waals surface area contributed by atoms with E-state index in [4.69, 9.17) is 22.7 Å². The van der Waals surface area contributed by atoms with Crippen molar-refractivity contribution in [1.29, 1.82) is 0 Å². The number of carbonyl (C=O) groups excluding carboxylic acids is 2. The summed E-state index contributed by atoms with van der Waals surface area (Å²) in [6.07, 6.45) is -0.820. The molecule has 0 saturated heterocycles. The molecule has 0 aromatic heterocycles. The summed E-state index contributed by atoms with van der Waals surface area (Å²) in [6, 6.07) is 6.23. The van der Waals surface area contributed by atoms with Crippen LogP contribution < -0.4 is 21.1 Å². The highest BCUT2D eigenvalue weighted by molar-refractivity contribution is 7.80. The Labute approximate surface area is 122 Å². The Bertz CT molecular complexity index is 519. The first kappa shape index (κ1) is 15.9. The molecule has 7 heteroatoms. The van der Waals surface area contributed by atoms with Crippen molar-refractivity contribution in [3.8, 4) is 5.75 Å². The molecule has 1 atom stereocenters. The van der Waals surface area contributed by atoms with Gasteiger partial charge in [-0.25, -0.2) is 4.79 Å². The Morgan fingerprint density at radius 1 is 1.45 bits per heavy atom. The summed E-state index contributed by atoms with van der Waals surface area (Å²) in [6.45, 7) is 3.73. The quantitative estimate of drug-likeness (QED) is 0.703. The molecule has 108 valence electrons. The lowest BCUT2D eigenvalue weighted by Crippen LogP contribution is -2.45. The fraction of sp³-hybridized carbons (Fsp3) is 0.308. The molecule has 0 aliphatic carbocycles. The molecule has 20 heavy (non-hydrogen) atoms. The van der Waals surface area contributed by atoms with Crippen LogP contribution in [0.3, 0.4) is 0 Å². The van der Waals surface area contributed by atoms with E-state index in [0.29, 0.717) is 17.9 Å². The van der Waals surface area contributed by atoms with Crippen molar-refractivity contribution in [3.63, 3.8) is 0 Å². The minimum Gasteiger partial charge on any atom is -0.481 e. The molecular weight excluding hydrogens is 278 g/mol. The number of nitrogens with two attached hydrogens (primary N) is 1. The number of rotatable bonds is 5. The zero-order valence-corrected chi connectivity index (χ0v) is 12.1. The van der Waals surface area contributed by atoms with Gasteiger partial charge in [-0.05, 0) is 26.0 Å². The summed E-state index contributed by atoms with van der Waals surface area (Å²) in [5, 5.41) is 4.63. The average Bonchev–Trinajstić information content (AvgIpc) is 2.39. The largest absolute Gasteiger partial charge is 0.481 e. The second kappa shape index (κ2) is 7.44. The van der Waals surface area contributed by atoms with Gasteiger partial charge < -0.3 is 15.8 Å². The Hall–Kier alpha value is -2.15. The summed E-state index contributed by atoms with van der Waals surface area (Å²) < 4.78 is 5.44. The van der Waals surface area contributed by atoms with Crippen molar-refractivity contribution in [2.24, 2.45) is 5.73 Å². The first-order valence-corrected chi connectivity index (χ1v) is 6.50. The number of imide groups is 1. The fourth-order valence-electron chi connectivity index (χ4n) is 1.40. The van der Waals surface area contributed by atoms with Gasteiger partial charge in [0.05, 0.1) is 0 Å². The highest BCUT2D eigenvalue weighted by atomic mass is 32.1. The van der Waals surface area contributed by atoms with E-state index in [0.717, 1.165) is 0 Å². The second-order valence-electron chi connectivity index (χ2n) is 4.00. The van der Waals surface area contributed by atoms with Crippen molar-refractivity contribution < 1.29 is 14.3 Å². The molecule has 0 radical (unpaired) electrons. The molecule has 3 amide bonds. The zero-order valence-electron chi connectivity index (χ0n) is 11.3. The molecule has 1 unspecified atom stereocenters. The predicted octanol–water partition coefficient (Wildman–Crippen LogP) is 0.934. The lowest BCUT2D eigenvalue weighted by Gasteiger charge is -2.14. The minimum absolute atomic E-state index is 0.245. The van der Waals surface area contributed by atoms with E-state index >= 15 is 0 Å². The molecule has 0 bridgehead atoms. The van der Waals surface area contributed by atoms with Gasteiger partial charge in [-0.3, -0.25) is 10.1 Å². The normalized spacial score (nSPS) is 11.3. The summed E-state index contributed by atoms with van der Waals surface area (Å²) in [4.78, 5) is 23.2. The standard InChI is InChI=1S/C13H17N3O3S/c1-3-15-13(18)16-12(17)8(2)19-10-6-4-5-9(7-10)11(14)20/h4-8H,3H2,1-2H3,(H2,14,20)(H2,15,16,17,18). The predicted molar refractivity (Wildman–Crippen MR) is 79.6 cm³/mol. The lowest BCUT2D eigenvalue weighted by atomic mass is 10.2. The number of hydrogen-bond acceptors (Lipinski definition) is 4. The number of thiocarbonyl (C=S) groups is 1. The summed E-state index contributed by atoms with van der Waals surface area (Å²) >= 11 is 4.86. The number of carbonyl (C=O) groups is 2. The number of hydrogen-bond donors (Lipinski definition) is 3. The van der Waals surface area contributed by atoms with Gasteiger partial charge in [0, 0.05) is 12.1 Å². The highest BCUT2D eigenvalue weighted by Crippen LogP contribution is 2.15. The molecule has 1 aromatic rings. The van der Waals surface area contributed by atoms with Gasteiger partial charge in [-0.1, -0.05) is 24.4 Å². The van der Waals surface area contributed by atoms with E-state index in [1.807, 2.05) is 0 Å². The van der Waals surface area contributed by atoms with Gasteiger partial charge in [0.15, 0.2) is 6.10 Å². The van der Waals surface area contributed by atoms with Crippen molar-refractivity contribution in [3.05, 3.63) is 29.8 Å². The van der Waals surface area contributed by atoms with Crippen LogP contribution >= 0.6 is 12.2 Å². The van der Waals surface area contributed by atoms with E-state index < -0.39 is 18.0 Å². The van der Waals surface area contributed by atoms with E-state index in [1.54, 1.807) is 38.1 Å². The summed E-state index contributed by atoms with van der Waals surface area (Å²) in [5.74, 6) is -0.0782. The van der Waals surface area contributed by atoms with E-state index in [2.05, 4.69) is 10.6 Å². The van der Waals surface area contributed by atoms with Crippen LogP contribution in [0.5, 0.6) is 5.75 Å². The van der Waals surface area contributed by atoms with Crippen molar-refractivity contribution in [1.82, 2.24) is 10.6 Å². The van der Waals surface area contributed by atoms with Crippen LogP contribution in [0.25, 0.3) is 0 Å². The molecule has 4 N–H and O–H groups in total. The maximum absolute atomic E-state index is 11.7. The third-order valence-corrected chi connectivity index (χ3v) is 2.61. The third kappa shape index (κ3) is 4.85. The van der Waals surface area contributed by atoms with Crippen LogP contribution in [0, 0.1) is 0 Å². The lowest BCUT2D eigenvalue weighted by molar-refractivity contribution is -0.126. The highest BCUT2D eigenvalue weighted by Gasteiger charge is 2.17. The topological polar surface area (TPSA) is 93.5 Å². The van der Waals surface area contributed by atoms with E-state index in [9.17, 15) is 9.59 Å². The molecular formula is C13H17N3O3S. The molecule has 6 nitrogen and oxygen atoms in total. The Morgan fingerprint density at radius 3 is 2.75 bits per heavy atom. The Morgan fingerprint density at radius 2 is 2.15 bits per heavy atom. The molecule has 0 aliphatic rings. The first-order chi connectivity index (χ1) is 9.43. The van der Waals surface area contributed by atoms with Crippen LogP contribution in [-0.2, 0) is 4.79 Å². The monoisotopic (exact) mass is 295 g/mol. The average molecular weight is 295 g/mol. The van der Waals surface area contributed by atoms with Crippen LogP contribution in [0.1, 0.15) is 19.4 Å². The minimum atomic E-state index is -0.820. The van der Waals surface area contributed by atoms with Gasteiger partial charge in [-0.15, -0.1) is 0 Å².